The maximum Gasteiger partial charge on any atom is 0.0524 e. The lowest BCUT2D eigenvalue weighted by Crippen LogP contribution is -2.31. The van der Waals surface area contributed by atoms with Gasteiger partial charge in [-0.3, -0.25) is 9.58 Å². The Hall–Kier alpha value is -1.81. The molecule has 1 aliphatic heterocycles. The van der Waals surface area contributed by atoms with Crippen LogP contribution in [0.3, 0.4) is 0 Å². The number of nitrogens with zero attached hydrogens (tertiary/aromatic N) is 3. The summed E-state index contributed by atoms with van der Waals surface area (Å²) in [6.45, 7) is 6.20. The van der Waals surface area contributed by atoms with Crippen molar-refractivity contribution in [1.29, 1.82) is 0 Å². The number of hydrogen-bond acceptors (Lipinski definition) is 3. The summed E-state index contributed by atoms with van der Waals surface area (Å²) in [5.74, 6) is 0. The van der Waals surface area contributed by atoms with Crippen molar-refractivity contribution in [2.75, 3.05) is 12.3 Å². The van der Waals surface area contributed by atoms with Crippen molar-refractivity contribution >= 4 is 5.69 Å². The molecule has 2 heterocycles. The number of anilines is 1. The van der Waals surface area contributed by atoms with Crippen molar-refractivity contribution in [2.24, 2.45) is 0 Å². The van der Waals surface area contributed by atoms with Crippen LogP contribution in [0.25, 0.3) is 0 Å². The van der Waals surface area contributed by atoms with E-state index < -0.39 is 0 Å². The van der Waals surface area contributed by atoms with E-state index >= 15 is 0 Å². The summed E-state index contributed by atoms with van der Waals surface area (Å²) in [6.07, 6.45) is 4.07. The van der Waals surface area contributed by atoms with Crippen LogP contribution < -0.4 is 5.73 Å². The smallest absolute Gasteiger partial charge is 0.0524 e. The zero-order valence-corrected chi connectivity index (χ0v) is 12.0. The minimum absolute atomic E-state index is 0.943. The molecule has 0 bridgehead atoms. The first kappa shape index (κ1) is 13.2. The highest BCUT2D eigenvalue weighted by Gasteiger charge is 2.18. The molecule has 0 unspecified atom stereocenters. The molecule has 20 heavy (non-hydrogen) atoms. The van der Waals surface area contributed by atoms with Crippen LogP contribution in [0, 0.1) is 0 Å². The van der Waals surface area contributed by atoms with Crippen LogP contribution in [-0.2, 0) is 26.1 Å². The minimum atomic E-state index is 0.943. The number of fused-ring (bicyclic) bond motifs is 1. The zero-order chi connectivity index (χ0) is 13.9. The number of aryl methyl sites for hydroxylation is 1. The molecule has 2 aromatic rings. The van der Waals surface area contributed by atoms with Gasteiger partial charge in [-0.05, 0) is 36.1 Å². The number of hydrogen-bond donors (Lipinski definition) is 1. The molecule has 0 fully saturated rings. The second kappa shape index (κ2) is 5.67. The van der Waals surface area contributed by atoms with Crippen molar-refractivity contribution in [3.05, 3.63) is 47.3 Å². The first-order valence-electron chi connectivity index (χ1n) is 7.37. The van der Waals surface area contributed by atoms with E-state index in [-0.39, 0.29) is 0 Å². The van der Waals surface area contributed by atoms with Crippen molar-refractivity contribution in [3.8, 4) is 0 Å². The Balaban J connectivity index is 1.73. The summed E-state index contributed by atoms with van der Waals surface area (Å²) in [4.78, 5) is 2.48. The van der Waals surface area contributed by atoms with Crippen LogP contribution >= 0.6 is 0 Å². The van der Waals surface area contributed by atoms with Crippen LogP contribution in [0.4, 0.5) is 5.69 Å². The van der Waals surface area contributed by atoms with Crippen molar-refractivity contribution in [1.82, 2.24) is 14.7 Å². The standard InChI is InChI=1S/C16H22N4/c1-2-9-20-14(6-8-18-20)12-19-10-7-15-13(11-19)4-3-5-16(15)17/h3-6,8H,2,7,9-12,17H2,1H3. The maximum absolute atomic E-state index is 6.05. The largest absolute Gasteiger partial charge is 0.398 e. The maximum atomic E-state index is 6.05. The Morgan fingerprint density at radius 3 is 3.05 bits per heavy atom. The summed E-state index contributed by atoms with van der Waals surface area (Å²) in [5, 5.41) is 4.40. The third-order valence-corrected chi connectivity index (χ3v) is 4.01. The highest BCUT2D eigenvalue weighted by Crippen LogP contribution is 2.24. The van der Waals surface area contributed by atoms with E-state index in [4.69, 9.17) is 5.73 Å². The topological polar surface area (TPSA) is 47.1 Å². The summed E-state index contributed by atoms with van der Waals surface area (Å²) in [6, 6.07) is 8.38. The number of benzene rings is 1. The van der Waals surface area contributed by atoms with E-state index in [1.165, 1.54) is 16.8 Å². The van der Waals surface area contributed by atoms with Crippen LogP contribution in [0.2, 0.25) is 0 Å². The molecule has 0 saturated heterocycles. The Kier molecular flexibility index (Phi) is 3.74. The SMILES string of the molecule is CCCn1nccc1CN1CCc2c(N)cccc2C1. The van der Waals surface area contributed by atoms with E-state index in [0.29, 0.717) is 0 Å². The van der Waals surface area contributed by atoms with Gasteiger partial charge in [-0.1, -0.05) is 19.1 Å². The van der Waals surface area contributed by atoms with Crippen LogP contribution in [-0.4, -0.2) is 21.2 Å². The number of nitrogen functional groups attached to an aromatic ring is 1. The Labute approximate surface area is 120 Å². The molecule has 4 nitrogen and oxygen atoms in total. The normalized spacial score (nSPS) is 15.2. The lowest BCUT2D eigenvalue weighted by molar-refractivity contribution is 0.238. The van der Waals surface area contributed by atoms with E-state index in [9.17, 15) is 0 Å². The number of rotatable bonds is 4. The van der Waals surface area contributed by atoms with E-state index in [1.807, 2.05) is 12.3 Å². The molecule has 1 aromatic carbocycles. The van der Waals surface area contributed by atoms with Gasteiger partial charge < -0.3 is 5.73 Å². The van der Waals surface area contributed by atoms with Crippen molar-refractivity contribution < 1.29 is 0 Å². The molecule has 0 amide bonds. The molecule has 3 rings (SSSR count). The molecule has 0 saturated carbocycles. The Bertz CT molecular complexity index is 588. The molecule has 0 aliphatic carbocycles. The average Bonchev–Trinajstić information content (AvgIpc) is 2.87. The third kappa shape index (κ3) is 2.56. The first-order chi connectivity index (χ1) is 9.78. The van der Waals surface area contributed by atoms with E-state index in [2.05, 4.69) is 39.8 Å². The van der Waals surface area contributed by atoms with Crippen molar-refractivity contribution in [3.63, 3.8) is 0 Å². The molecule has 1 aliphatic rings. The summed E-state index contributed by atoms with van der Waals surface area (Å²) in [7, 11) is 0. The minimum Gasteiger partial charge on any atom is -0.398 e. The summed E-state index contributed by atoms with van der Waals surface area (Å²) >= 11 is 0. The van der Waals surface area contributed by atoms with Gasteiger partial charge in [0.05, 0.1) is 5.69 Å². The summed E-state index contributed by atoms with van der Waals surface area (Å²) in [5.41, 5.74) is 11.0. The third-order valence-electron chi connectivity index (χ3n) is 4.01. The highest BCUT2D eigenvalue weighted by molar-refractivity contribution is 5.51. The van der Waals surface area contributed by atoms with Crippen LogP contribution in [0.1, 0.15) is 30.2 Å². The average molecular weight is 270 g/mol. The van der Waals surface area contributed by atoms with Gasteiger partial charge in [0.2, 0.25) is 0 Å². The number of nitrogens with two attached hydrogens (primary N) is 1. The zero-order valence-electron chi connectivity index (χ0n) is 12.0. The van der Waals surface area contributed by atoms with Gasteiger partial charge in [-0.2, -0.15) is 5.10 Å². The van der Waals surface area contributed by atoms with Gasteiger partial charge in [-0.15, -0.1) is 0 Å². The first-order valence-corrected chi connectivity index (χ1v) is 7.37. The van der Waals surface area contributed by atoms with Crippen LogP contribution in [0.15, 0.2) is 30.5 Å². The number of aromatic nitrogens is 2. The van der Waals surface area contributed by atoms with E-state index in [0.717, 1.165) is 44.7 Å². The molecule has 4 heteroatoms. The fourth-order valence-electron chi connectivity index (χ4n) is 2.97. The predicted molar refractivity (Wildman–Crippen MR) is 81.2 cm³/mol. The van der Waals surface area contributed by atoms with Gasteiger partial charge in [0.15, 0.2) is 0 Å². The molecule has 1 aromatic heterocycles. The Morgan fingerprint density at radius 1 is 1.30 bits per heavy atom. The highest BCUT2D eigenvalue weighted by atomic mass is 15.3. The molecule has 106 valence electrons. The molecular weight excluding hydrogens is 248 g/mol. The fourth-order valence-corrected chi connectivity index (χ4v) is 2.97. The lowest BCUT2D eigenvalue weighted by Gasteiger charge is -2.29. The fraction of sp³-hybridized carbons (Fsp3) is 0.438. The predicted octanol–water partition coefficient (Wildman–Crippen LogP) is 2.43. The second-order valence-corrected chi connectivity index (χ2v) is 5.49. The monoisotopic (exact) mass is 270 g/mol. The Morgan fingerprint density at radius 2 is 2.20 bits per heavy atom. The molecule has 2 N–H and O–H groups in total. The van der Waals surface area contributed by atoms with Gasteiger partial charge in [0, 0.05) is 38.1 Å². The van der Waals surface area contributed by atoms with Crippen molar-refractivity contribution in [2.45, 2.75) is 39.4 Å². The molecular formula is C16H22N4. The molecule has 0 atom stereocenters. The van der Waals surface area contributed by atoms with Gasteiger partial charge in [0.1, 0.15) is 0 Å². The van der Waals surface area contributed by atoms with Gasteiger partial charge >= 0.3 is 0 Å². The van der Waals surface area contributed by atoms with Gasteiger partial charge in [0.25, 0.3) is 0 Å². The lowest BCUT2D eigenvalue weighted by atomic mass is 9.98. The van der Waals surface area contributed by atoms with E-state index in [1.54, 1.807) is 0 Å². The quantitative estimate of drug-likeness (QED) is 0.868. The van der Waals surface area contributed by atoms with Gasteiger partial charge in [-0.25, -0.2) is 0 Å². The van der Waals surface area contributed by atoms with Crippen LogP contribution in [0.5, 0.6) is 0 Å². The molecule has 0 radical (unpaired) electrons. The summed E-state index contributed by atoms with van der Waals surface area (Å²) < 4.78 is 2.12. The second-order valence-electron chi connectivity index (χ2n) is 5.49. The molecule has 0 spiro atoms.